The number of ether oxygens (including phenoxy) is 1. The molecule has 2 fully saturated rings. The summed E-state index contributed by atoms with van der Waals surface area (Å²) in [6.07, 6.45) is 1.98. The fourth-order valence-corrected chi connectivity index (χ4v) is 3.63. The molecule has 156 valence electrons. The molecule has 1 unspecified atom stereocenters. The summed E-state index contributed by atoms with van der Waals surface area (Å²) in [6.45, 7) is 1.19. The molecule has 10 heteroatoms. The number of morpholine rings is 1. The predicted octanol–water partition coefficient (Wildman–Crippen LogP) is 1.55. The van der Waals surface area contributed by atoms with Crippen molar-refractivity contribution in [3.8, 4) is 0 Å². The van der Waals surface area contributed by atoms with Crippen molar-refractivity contribution in [2.24, 2.45) is 7.05 Å². The van der Waals surface area contributed by atoms with Gasteiger partial charge >= 0.3 is 0 Å². The number of tetrazole rings is 1. The number of pyridine rings is 1. The Morgan fingerprint density at radius 1 is 1.30 bits per heavy atom. The van der Waals surface area contributed by atoms with Gasteiger partial charge in [0, 0.05) is 30.6 Å². The minimum Gasteiger partial charge on any atom is -0.483 e. The average Bonchev–Trinajstić information content (AvgIpc) is 3.54. The molecule has 1 aliphatic heterocycles. The van der Waals surface area contributed by atoms with Crippen LogP contribution in [0.15, 0.2) is 30.3 Å². The van der Waals surface area contributed by atoms with Gasteiger partial charge in [-0.3, -0.25) is 14.6 Å². The van der Waals surface area contributed by atoms with E-state index < -0.39 is 0 Å². The second-order valence-electron chi connectivity index (χ2n) is 7.26. The van der Waals surface area contributed by atoms with Crippen molar-refractivity contribution < 1.29 is 19.4 Å². The molecular weight excluding hydrogens is 388 g/mol. The first kappa shape index (κ1) is 19.9. The molecule has 0 bridgehead atoms. The Morgan fingerprint density at radius 3 is 2.77 bits per heavy atom. The lowest BCUT2D eigenvalue weighted by Gasteiger charge is -2.32. The van der Waals surface area contributed by atoms with Crippen LogP contribution >= 0.6 is 0 Å². The van der Waals surface area contributed by atoms with Gasteiger partial charge in [0.15, 0.2) is 5.82 Å². The van der Waals surface area contributed by atoms with Crippen LogP contribution < -0.4 is 0 Å². The summed E-state index contributed by atoms with van der Waals surface area (Å²) in [5.74, 6) is 1.13. The Kier molecular flexibility index (Phi) is 5.66. The summed E-state index contributed by atoms with van der Waals surface area (Å²) in [5, 5.41) is 19.4. The molecule has 1 N–H and O–H groups in total. The van der Waals surface area contributed by atoms with Crippen LogP contribution in [0.1, 0.15) is 46.7 Å². The van der Waals surface area contributed by atoms with Gasteiger partial charge in [-0.25, -0.2) is 4.68 Å². The molecule has 1 atom stereocenters. The number of aryl methyl sites for hydroxylation is 1. The zero-order chi connectivity index (χ0) is 21.1. The normalized spacial score (nSPS) is 18.6. The summed E-state index contributed by atoms with van der Waals surface area (Å²) in [5.41, 5.74) is 2.63. The molecule has 0 spiro atoms. The molecule has 1 amide bonds. The first-order valence-electron chi connectivity index (χ1n) is 9.73. The maximum Gasteiger partial charge on any atom is 0.290 e. The van der Waals surface area contributed by atoms with Gasteiger partial charge in [0.25, 0.3) is 12.4 Å². The van der Waals surface area contributed by atoms with Crippen molar-refractivity contribution in [1.29, 1.82) is 0 Å². The Labute approximate surface area is 172 Å². The predicted molar refractivity (Wildman–Crippen MR) is 106 cm³/mol. The van der Waals surface area contributed by atoms with Gasteiger partial charge in [-0.2, -0.15) is 0 Å². The minimum atomic E-state index is -0.321. The summed E-state index contributed by atoms with van der Waals surface area (Å²) in [7, 11) is 1.78. The van der Waals surface area contributed by atoms with Gasteiger partial charge in [-0.1, -0.05) is 18.2 Å². The highest BCUT2D eigenvalue weighted by molar-refractivity contribution is 6.06. The summed E-state index contributed by atoms with van der Waals surface area (Å²) < 4.78 is 7.40. The molecule has 1 saturated heterocycles. The third-order valence-corrected chi connectivity index (χ3v) is 5.26. The topological polar surface area (TPSA) is 123 Å². The van der Waals surface area contributed by atoms with E-state index in [1.54, 1.807) is 11.7 Å². The highest BCUT2D eigenvalue weighted by Crippen LogP contribution is 2.40. The lowest BCUT2D eigenvalue weighted by atomic mass is 10.0. The molecule has 0 radical (unpaired) electrons. The molecule has 1 aliphatic carbocycles. The zero-order valence-electron chi connectivity index (χ0n) is 16.5. The van der Waals surface area contributed by atoms with E-state index in [1.165, 1.54) is 0 Å². The first-order chi connectivity index (χ1) is 14.6. The number of aromatic nitrogens is 5. The molecule has 10 nitrogen and oxygen atoms in total. The van der Waals surface area contributed by atoms with Crippen LogP contribution in [-0.4, -0.2) is 67.3 Å². The van der Waals surface area contributed by atoms with Gasteiger partial charge in [-0.15, -0.1) is 5.10 Å². The number of carbonyl (C=O) groups is 2. The number of para-hydroxylation sites is 1. The van der Waals surface area contributed by atoms with Gasteiger partial charge in [0.1, 0.15) is 6.10 Å². The van der Waals surface area contributed by atoms with E-state index in [4.69, 9.17) is 19.6 Å². The van der Waals surface area contributed by atoms with E-state index in [0.717, 1.165) is 35.0 Å². The summed E-state index contributed by atoms with van der Waals surface area (Å²) in [4.78, 5) is 28.4. The van der Waals surface area contributed by atoms with Crippen molar-refractivity contribution in [3.63, 3.8) is 0 Å². The number of amides is 1. The first-order valence-corrected chi connectivity index (χ1v) is 9.73. The highest BCUT2D eigenvalue weighted by Gasteiger charge is 2.31. The summed E-state index contributed by atoms with van der Waals surface area (Å²) >= 11 is 0. The molecule has 5 rings (SSSR count). The quantitative estimate of drug-likeness (QED) is 0.645. The number of fused-ring (bicyclic) bond motifs is 1. The fraction of sp³-hybridized carbons (Fsp3) is 0.400. The Bertz CT molecular complexity index is 1060. The SMILES string of the molecule is Cn1nnnc1C1CN(C(=O)c2cc(C3CC3)nc3ccccc23)CCO1.O=CO. The number of rotatable bonds is 3. The van der Waals surface area contributed by atoms with Crippen LogP contribution in [0, 0.1) is 0 Å². The van der Waals surface area contributed by atoms with Gasteiger partial charge < -0.3 is 14.7 Å². The van der Waals surface area contributed by atoms with Crippen molar-refractivity contribution in [2.75, 3.05) is 19.7 Å². The standard InChI is InChI=1S/C19H20N6O2.CH2O2/c1-24-18(21-22-23-24)17-11-25(8-9-27-17)19(26)14-10-16(12-6-7-12)20-15-5-3-2-4-13(14)15;2-1-3/h2-5,10,12,17H,6-9,11H2,1H3;1H,(H,2,3). The Hall–Kier alpha value is -3.40. The molecule has 3 aromatic rings. The second kappa shape index (κ2) is 8.54. The molecule has 2 aliphatic rings. The van der Waals surface area contributed by atoms with E-state index in [2.05, 4.69) is 15.5 Å². The van der Waals surface area contributed by atoms with E-state index in [9.17, 15) is 4.79 Å². The third-order valence-electron chi connectivity index (χ3n) is 5.26. The average molecular weight is 410 g/mol. The second-order valence-corrected chi connectivity index (χ2v) is 7.26. The molecule has 1 saturated carbocycles. The Morgan fingerprint density at radius 2 is 2.07 bits per heavy atom. The third kappa shape index (κ3) is 3.99. The Balaban J connectivity index is 0.000000687. The number of nitrogens with zero attached hydrogens (tertiary/aromatic N) is 6. The molecule has 1 aromatic carbocycles. The lowest BCUT2D eigenvalue weighted by molar-refractivity contribution is -0.122. The number of carboxylic acid groups (broad SMARTS) is 1. The van der Waals surface area contributed by atoms with Crippen molar-refractivity contribution in [1.82, 2.24) is 30.1 Å². The maximum atomic E-state index is 13.4. The van der Waals surface area contributed by atoms with Crippen molar-refractivity contribution >= 4 is 23.3 Å². The highest BCUT2D eigenvalue weighted by atomic mass is 16.5. The van der Waals surface area contributed by atoms with Crippen LogP contribution in [0.5, 0.6) is 0 Å². The van der Waals surface area contributed by atoms with Crippen molar-refractivity contribution in [3.05, 3.63) is 47.4 Å². The van der Waals surface area contributed by atoms with Gasteiger partial charge in [-0.05, 0) is 35.4 Å². The van der Waals surface area contributed by atoms with Crippen LogP contribution in [0.3, 0.4) is 0 Å². The van der Waals surface area contributed by atoms with Crippen LogP contribution in [0.25, 0.3) is 10.9 Å². The largest absolute Gasteiger partial charge is 0.483 e. The fourth-order valence-electron chi connectivity index (χ4n) is 3.63. The molecule has 2 aromatic heterocycles. The van der Waals surface area contributed by atoms with Crippen LogP contribution in [-0.2, 0) is 16.6 Å². The van der Waals surface area contributed by atoms with E-state index >= 15 is 0 Å². The van der Waals surface area contributed by atoms with Gasteiger partial charge in [0.2, 0.25) is 0 Å². The van der Waals surface area contributed by atoms with Gasteiger partial charge in [0.05, 0.1) is 24.2 Å². The van der Waals surface area contributed by atoms with Crippen LogP contribution in [0.2, 0.25) is 0 Å². The monoisotopic (exact) mass is 410 g/mol. The summed E-state index contributed by atoms with van der Waals surface area (Å²) in [6, 6.07) is 9.84. The molecular formula is C20H22N6O4. The lowest BCUT2D eigenvalue weighted by Crippen LogP contribution is -2.43. The van der Waals surface area contributed by atoms with Crippen molar-refractivity contribution in [2.45, 2.75) is 24.9 Å². The smallest absolute Gasteiger partial charge is 0.290 e. The van der Waals surface area contributed by atoms with Crippen LogP contribution in [0.4, 0.5) is 0 Å². The number of hydrogen-bond acceptors (Lipinski definition) is 7. The minimum absolute atomic E-state index is 0.0129. The molecule has 30 heavy (non-hydrogen) atoms. The van der Waals surface area contributed by atoms with E-state index in [0.29, 0.717) is 31.4 Å². The number of hydrogen-bond donors (Lipinski definition) is 1. The zero-order valence-corrected chi connectivity index (χ0v) is 16.5. The van der Waals surface area contributed by atoms with E-state index in [-0.39, 0.29) is 18.5 Å². The van der Waals surface area contributed by atoms with E-state index in [1.807, 2.05) is 35.2 Å². The maximum absolute atomic E-state index is 13.4. The molecule has 3 heterocycles. The number of carbonyl (C=O) groups excluding carboxylic acids is 1. The number of benzene rings is 1.